The smallest absolute Gasteiger partial charge is 0.331 e. The molecular weight excluding hydrogens is 270 g/mol. The zero-order chi connectivity index (χ0) is 15.1. The van der Waals surface area contributed by atoms with Gasteiger partial charge in [0.2, 0.25) is 0 Å². The summed E-state index contributed by atoms with van der Waals surface area (Å²) in [5.74, 6) is -3.25. The summed E-state index contributed by atoms with van der Waals surface area (Å²) >= 11 is 0. The van der Waals surface area contributed by atoms with Gasteiger partial charge in [0, 0.05) is 18.7 Å². The first-order valence-electron chi connectivity index (χ1n) is 5.90. The molecule has 0 aromatic rings. The van der Waals surface area contributed by atoms with E-state index in [1.54, 1.807) is 0 Å². The number of hydrogen-bond donors (Lipinski definition) is 1. The SMILES string of the molecule is COC(=O)/C=C/C(=O)OCC(=O)N1CCC[C@H]1C(=O)O. The van der Waals surface area contributed by atoms with Gasteiger partial charge >= 0.3 is 17.9 Å². The highest BCUT2D eigenvalue weighted by Gasteiger charge is 2.34. The summed E-state index contributed by atoms with van der Waals surface area (Å²) in [6.07, 6.45) is 2.68. The predicted molar refractivity (Wildman–Crippen MR) is 64.5 cm³/mol. The maximum atomic E-state index is 11.7. The van der Waals surface area contributed by atoms with Crippen molar-refractivity contribution in [3.63, 3.8) is 0 Å². The first-order valence-corrected chi connectivity index (χ1v) is 5.90. The molecule has 0 radical (unpaired) electrons. The van der Waals surface area contributed by atoms with Gasteiger partial charge in [-0.25, -0.2) is 14.4 Å². The number of methoxy groups -OCH3 is 1. The van der Waals surface area contributed by atoms with Crippen LogP contribution >= 0.6 is 0 Å². The quantitative estimate of drug-likeness (QED) is 0.527. The molecule has 0 aliphatic carbocycles. The van der Waals surface area contributed by atoms with Gasteiger partial charge in [0.05, 0.1) is 7.11 Å². The third-order valence-electron chi connectivity index (χ3n) is 2.75. The average Bonchev–Trinajstić information content (AvgIpc) is 2.91. The van der Waals surface area contributed by atoms with Crippen molar-refractivity contribution in [2.45, 2.75) is 18.9 Å². The van der Waals surface area contributed by atoms with Crippen LogP contribution in [0.5, 0.6) is 0 Å². The Morgan fingerprint density at radius 1 is 1.25 bits per heavy atom. The standard InChI is InChI=1S/C12H15NO7/c1-19-10(15)4-5-11(16)20-7-9(14)13-6-2-3-8(13)12(17)18/h4-5,8H,2-3,6-7H2,1H3,(H,17,18)/b5-4+/t8-/m0/s1. The number of carbonyl (C=O) groups excluding carboxylic acids is 3. The third-order valence-corrected chi connectivity index (χ3v) is 2.75. The molecule has 1 N–H and O–H groups in total. The maximum Gasteiger partial charge on any atom is 0.331 e. The van der Waals surface area contributed by atoms with Crippen LogP contribution in [0.3, 0.4) is 0 Å². The Hall–Kier alpha value is -2.38. The van der Waals surface area contributed by atoms with Crippen LogP contribution in [0, 0.1) is 0 Å². The van der Waals surface area contributed by atoms with E-state index in [4.69, 9.17) is 5.11 Å². The summed E-state index contributed by atoms with van der Waals surface area (Å²) in [6.45, 7) is -0.237. The summed E-state index contributed by atoms with van der Waals surface area (Å²) in [6, 6.07) is -0.869. The lowest BCUT2D eigenvalue weighted by Crippen LogP contribution is -2.42. The lowest BCUT2D eigenvalue weighted by molar-refractivity contribution is -0.153. The van der Waals surface area contributed by atoms with Gasteiger partial charge in [-0.05, 0) is 12.8 Å². The topological polar surface area (TPSA) is 110 Å². The summed E-state index contributed by atoms with van der Waals surface area (Å²) in [5, 5.41) is 8.92. The van der Waals surface area contributed by atoms with Crippen LogP contribution in [0.25, 0.3) is 0 Å². The van der Waals surface area contributed by atoms with Crippen molar-refractivity contribution in [1.29, 1.82) is 0 Å². The number of carbonyl (C=O) groups is 4. The number of carboxylic acids is 1. The van der Waals surface area contributed by atoms with E-state index in [1.165, 1.54) is 4.90 Å². The molecule has 8 nitrogen and oxygen atoms in total. The van der Waals surface area contributed by atoms with Crippen molar-refractivity contribution in [1.82, 2.24) is 4.90 Å². The van der Waals surface area contributed by atoms with E-state index in [2.05, 4.69) is 9.47 Å². The van der Waals surface area contributed by atoms with E-state index >= 15 is 0 Å². The van der Waals surface area contributed by atoms with Crippen LogP contribution < -0.4 is 0 Å². The minimum Gasteiger partial charge on any atom is -0.480 e. The summed E-state index contributed by atoms with van der Waals surface area (Å²) in [5.41, 5.74) is 0. The Balaban J connectivity index is 2.43. The van der Waals surface area contributed by atoms with Crippen LogP contribution in [0.2, 0.25) is 0 Å². The summed E-state index contributed by atoms with van der Waals surface area (Å²) in [7, 11) is 1.15. The van der Waals surface area contributed by atoms with E-state index in [0.29, 0.717) is 19.4 Å². The van der Waals surface area contributed by atoms with Crippen LogP contribution in [-0.2, 0) is 28.7 Å². The molecule has 0 aromatic heterocycles. The number of hydrogen-bond acceptors (Lipinski definition) is 6. The predicted octanol–water partition coefficient (Wildman–Crippen LogP) is -0.666. The van der Waals surface area contributed by atoms with Gasteiger partial charge in [-0.2, -0.15) is 0 Å². The molecule has 110 valence electrons. The van der Waals surface area contributed by atoms with E-state index in [-0.39, 0.29) is 0 Å². The number of esters is 2. The molecular formula is C12H15NO7. The third kappa shape index (κ3) is 4.38. The molecule has 0 saturated carbocycles. The Morgan fingerprint density at radius 3 is 2.50 bits per heavy atom. The number of ether oxygens (including phenoxy) is 2. The van der Waals surface area contributed by atoms with Crippen molar-refractivity contribution >= 4 is 23.8 Å². The molecule has 0 aromatic carbocycles. The first-order chi connectivity index (χ1) is 9.45. The van der Waals surface area contributed by atoms with Crippen molar-refractivity contribution in [3.8, 4) is 0 Å². The molecule has 1 aliphatic heterocycles. The zero-order valence-electron chi connectivity index (χ0n) is 10.9. The summed E-state index contributed by atoms with van der Waals surface area (Å²) < 4.78 is 8.90. The molecule has 1 amide bonds. The average molecular weight is 285 g/mol. The Bertz CT molecular complexity index is 443. The highest BCUT2D eigenvalue weighted by Crippen LogP contribution is 2.17. The second-order valence-electron chi connectivity index (χ2n) is 4.05. The second kappa shape index (κ2) is 7.27. The minimum atomic E-state index is -1.08. The molecule has 1 heterocycles. The van der Waals surface area contributed by atoms with E-state index < -0.39 is 36.5 Å². The van der Waals surface area contributed by atoms with E-state index in [1.807, 2.05) is 0 Å². The van der Waals surface area contributed by atoms with E-state index in [0.717, 1.165) is 19.3 Å². The fraction of sp³-hybridized carbons (Fsp3) is 0.500. The van der Waals surface area contributed by atoms with Crippen molar-refractivity contribution < 1.29 is 33.8 Å². The highest BCUT2D eigenvalue weighted by molar-refractivity contribution is 5.93. The van der Waals surface area contributed by atoms with Gasteiger partial charge in [0.1, 0.15) is 6.04 Å². The maximum absolute atomic E-state index is 11.7. The molecule has 1 aliphatic rings. The lowest BCUT2D eigenvalue weighted by atomic mass is 10.2. The van der Waals surface area contributed by atoms with Gasteiger partial charge < -0.3 is 19.5 Å². The molecule has 1 atom stereocenters. The number of rotatable bonds is 5. The summed E-state index contributed by atoms with van der Waals surface area (Å²) in [4.78, 5) is 45.7. The molecule has 20 heavy (non-hydrogen) atoms. The lowest BCUT2D eigenvalue weighted by Gasteiger charge is -2.20. The van der Waals surface area contributed by atoms with Gasteiger partial charge in [0.15, 0.2) is 6.61 Å². The Kier molecular flexibility index (Phi) is 5.70. The Labute approximate surface area is 114 Å². The van der Waals surface area contributed by atoms with Gasteiger partial charge in [-0.3, -0.25) is 4.79 Å². The van der Waals surface area contributed by atoms with Gasteiger partial charge in [0.25, 0.3) is 5.91 Å². The molecule has 1 saturated heterocycles. The van der Waals surface area contributed by atoms with Gasteiger partial charge in [-0.1, -0.05) is 0 Å². The van der Waals surface area contributed by atoms with Crippen LogP contribution in [0.4, 0.5) is 0 Å². The van der Waals surface area contributed by atoms with Crippen LogP contribution in [0.1, 0.15) is 12.8 Å². The zero-order valence-corrected chi connectivity index (χ0v) is 10.9. The number of nitrogens with zero attached hydrogens (tertiary/aromatic N) is 1. The molecule has 1 fully saturated rings. The molecule has 0 spiro atoms. The van der Waals surface area contributed by atoms with Crippen molar-refractivity contribution in [3.05, 3.63) is 12.2 Å². The fourth-order valence-corrected chi connectivity index (χ4v) is 1.79. The van der Waals surface area contributed by atoms with Crippen molar-refractivity contribution in [2.24, 2.45) is 0 Å². The second-order valence-corrected chi connectivity index (χ2v) is 4.05. The molecule has 0 bridgehead atoms. The molecule has 8 heteroatoms. The number of likely N-dealkylation sites (tertiary alicyclic amines) is 1. The van der Waals surface area contributed by atoms with Gasteiger partial charge in [-0.15, -0.1) is 0 Å². The Morgan fingerprint density at radius 2 is 1.90 bits per heavy atom. The van der Waals surface area contributed by atoms with E-state index in [9.17, 15) is 19.2 Å². The number of aliphatic carboxylic acids is 1. The first kappa shape index (κ1) is 15.7. The number of carboxylic acid groups (broad SMARTS) is 1. The largest absolute Gasteiger partial charge is 0.480 e. The minimum absolute atomic E-state index is 0.325. The van der Waals surface area contributed by atoms with Crippen LogP contribution in [-0.4, -0.2) is 60.1 Å². The fourth-order valence-electron chi connectivity index (χ4n) is 1.79. The highest BCUT2D eigenvalue weighted by atomic mass is 16.5. The van der Waals surface area contributed by atoms with Crippen molar-refractivity contribution in [2.75, 3.05) is 20.3 Å². The normalized spacial score (nSPS) is 18.1. The molecule has 0 unspecified atom stereocenters. The number of amides is 1. The molecule has 1 rings (SSSR count). The van der Waals surface area contributed by atoms with Crippen LogP contribution in [0.15, 0.2) is 12.2 Å². The monoisotopic (exact) mass is 285 g/mol.